The van der Waals surface area contributed by atoms with E-state index in [1.54, 1.807) is 0 Å². The Morgan fingerprint density at radius 3 is 2.00 bits per heavy atom. The first-order valence-corrected chi connectivity index (χ1v) is 5.46. The molecule has 0 aliphatic heterocycles. The first kappa shape index (κ1) is 12.5. The van der Waals surface area contributed by atoms with Gasteiger partial charge in [0.2, 0.25) is 0 Å². The lowest BCUT2D eigenvalue weighted by Gasteiger charge is -2.03. The van der Waals surface area contributed by atoms with Crippen LogP contribution in [-0.4, -0.2) is 9.97 Å². The number of nitrogens with zero attached hydrogens (tertiary/aromatic N) is 2. The predicted octanol–water partition coefficient (Wildman–Crippen LogP) is 4.38. The first-order valence-electron chi connectivity index (χ1n) is 4.32. The summed E-state index contributed by atoms with van der Waals surface area (Å²) in [6.45, 7) is 0. The molecule has 17 heavy (non-hydrogen) atoms. The van der Waals surface area contributed by atoms with Gasteiger partial charge in [-0.1, -0.05) is 34.8 Å². The molecule has 2 nitrogen and oxygen atoms in total. The van der Waals surface area contributed by atoms with Gasteiger partial charge in [-0.15, -0.1) is 0 Å². The fourth-order valence-electron chi connectivity index (χ4n) is 1.21. The fraction of sp³-hybridized carbons (Fsp3) is 0. The molecule has 1 aromatic carbocycles. The summed E-state index contributed by atoms with van der Waals surface area (Å²) in [5.74, 6) is -1.48. The highest BCUT2D eigenvalue weighted by Crippen LogP contribution is 2.26. The molecule has 0 radical (unpaired) electrons. The van der Waals surface area contributed by atoms with Crippen LogP contribution in [0.3, 0.4) is 0 Å². The predicted molar refractivity (Wildman–Crippen MR) is 62.4 cm³/mol. The molecule has 0 spiro atoms. The van der Waals surface area contributed by atoms with E-state index in [1.807, 2.05) is 0 Å². The zero-order valence-electron chi connectivity index (χ0n) is 8.02. The summed E-state index contributed by atoms with van der Waals surface area (Å²) in [5, 5.41) is -0.694. The molecule has 1 aromatic heterocycles. The van der Waals surface area contributed by atoms with E-state index in [-0.39, 0.29) is 16.4 Å². The van der Waals surface area contributed by atoms with Gasteiger partial charge in [0.25, 0.3) is 0 Å². The number of hydrogen-bond donors (Lipinski definition) is 0. The Morgan fingerprint density at radius 1 is 0.882 bits per heavy atom. The smallest absolute Gasteiger partial charge is 0.197 e. The highest BCUT2D eigenvalue weighted by atomic mass is 35.5. The lowest BCUT2D eigenvalue weighted by atomic mass is 10.2. The third-order valence-corrected chi connectivity index (χ3v) is 2.61. The standard InChI is InChI=1S/C10H3Cl3F2N2/c11-5-1-4(2-6(14)3-5)10-16-8(12)7(15)9(13)17-10/h1-3H. The largest absolute Gasteiger partial charge is 0.213 e. The van der Waals surface area contributed by atoms with Gasteiger partial charge in [0.15, 0.2) is 21.9 Å². The molecule has 88 valence electrons. The maximum atomic E-state index is 13.1. The average Bonchev–Trinajstić information content (AvgIpc) is 2.23. The molecule has 0 bridgehead atoms. The molecular weight excluding hydrogens is 292 g/mol. The Labute approximate surface area is 110 Å². The van der Waals surface area contributed by atoms with Gasteiger partial charge >= 0.3 is 0 Å². The summed E-state index contributed by atoms with van der Waals surface area (Å²) in [7, 11) is 0. The normalized spacial score (nSPS) is 10.6. The lowest BCUT2D eigenvalue weighted by molar-refractivity contribution is 0.615. The molecule has 0 N–H and O–H groups in total. The Bertz CT molecular complexity index is 547. The molecule has 0 aliphatic rings. The Morgan fingerprint density at radius 2 is 1.47 bits per heavy atom. The second-order valence-electron chi connectivity index (χ2n) is 3.10. The minimum atomic E-state index is -0.917. The molecule has 0 fully saturated rings. The van der Waals surface area contributed by atoms with Crippen molar-refractivity contribution in [2.45, 2.75) is 0 Å². The topological polar surface area (TPSA) is 25.8 Å². The molecular formula is C10H3Cl3F2N2. The van der Waals surface area contributed by atoms with Crippen LogP contribution in [0, 0.1) is 11.6 Å². The zero-order valence-corrected chi connectivity index (χ0v) is 10.3. The van der Waals surface area contributed by atoms with Crippen molar-refractivity contribution in [3.63, 3.8) is 0 Å². The third kappa shape index (κ3) is 2.65. The van der Waals surface area contributed by atoms with Crippen LogP contribution in [0.5, 0.6) is 0 Å². The van der Waals surface area contributed by atoms with Gasteiger partial charge in [-0.05, 0) is 18.2 Å². The summed E-state index contributed by atoms with van der Waals surface area (Å²) in [4.78, 5) is 7.31. The van der Waals surface area contributed by atoms with E-state index < -0.39 is 21.9 Å². The van der Waals surface area contributed by atoms with Crippen molar-refractivity contribution < 1.29 is 8.78 Å². The second kappa shape index (κ2) is 4.72. The van der Waals surface area contributed by atoms with Gasteiger partial charge in [-0.2, -0.15) is 0 Å². The van der Waals surface area contributed by atoms with Crippen LogP contribution >= 0.6 is 34.8 Å². The van der Waals surface area contributed by atoms with Crippen molar-refractivity contribution in [1.29, 1.82) is 0 Å². The maximum Gasteiger partial charge on any atom is 0.197 e. The SMILES string of the molecule is Fc1cc(Cl)cc(-c2nc(Cl)c(F)c(Cl)n2)c1. The van der Waals surface area contributed by atoms with Crippen molar-refractivity contribution in [3.05, 3.63) is 45.2 Å². The minimum Gasteiger partial charge on any atom is -0.213 e. The third-order valence-electron chi connectivity index (χ3n) is 1.89. The summed E-state index contributed by atoms with van der Waals surface area (Å²) < 4.78 is 26.2. The average molecular weight is 296 g/mol. The number of halogens is 5. The molecule has 1 heterocycles. The number of benzene rings is 1. The Kier molecular flexibility index (Phi) is 3.47. The second-order valence-corrected chi connectivity index (χ2v) is 4.25. The Balaban J connectivity index is 2.60. The van der Waals surface area contributed by atoms with Crippen molar-refractivity contribution in [1.82, 2.24) is 9.97 Å². The van der Waals surface area contributed by atoms with E-state index in [1.165, 1.54) is 6.07 Å². The van der Waals surface area contributed by atoms with E-state index in [0.29, 0.717) is 0 Å². The maximum absolute atomic E-state index is 13.1. The van der Waals surface area contributed by atoms with E-state index in [9.17, 15) is 8.78 Å². The summed E-state index contributed by atoms with van der Waals surface area (Å²) in [6, 6.07) is 3.69. The van der Waals surface area contributed by atoms with Crippen LogP contribution in [0.4, 0.5) is 8.78 Å². The van der Waals surface area contributed by atoms with Crippen LogP contribution in [0.1, 0.15) is 0 Å². The van der Waals surface area contributed by atoms with Crippen molar-refractivity contribution >= 4 is 34.8 Å². The number of hydrogen-bond acceptors (Lipinski definition) is 2. The monoisotopic (exact) mass is 294 g/mol. The quantitative estimate of drug-likeness (QED) is 0.730. The molecule has 0 saturated heterocycles. The van der Waals surface area contributed by atoms with Crippen LogP contribution in [0.15, 0.2) is 18.2 Å². The molecule has 0 unspecified atom stereocenters. The molecule has 2 aromatic rings. The van der Waals surface area contributed by atoms with Gasteiger partial charge < -0.3 is 0 Å². The number of rotatable bonds is 1. The van der Waals surface area contributed by atoms with Crippen LogP contribution in [-0.2, 0) is 0 Å². The van der Waals surface area contributed by atoms with E-state index >= 15 is 0 Å². The molecule has 7 heteroatoms. The van der Waals surface area contributed by atoms with Gasteiger partial charge in [0, 0.05) is 10.6 Å². The van der Waals surface area contributed by atoms with Gasteiger partial charge in [-0.3, -0.25) is 0 Å². The minimum absolute atomic E-state index is 0.00259. The van der Waals surface area contributed by atoms with Gasteiger partial charge in [-0.25, -0.2) is 18.7 Å². The number of aromatic nitrogens is 2. The molecule has 2 rings (SSSR count). The van der Waals surface area contributed by atoms with Crippen molar-refractivity contribution in [2.24, 2.45) is 0 Å². The Hall–Kier alpha value is -0.970. The molecule has 0 atom stereocenters. The van der Waals surface area contributed by atoms with Crippen LogP contribution in [0.25, 0.3) is 11.4 Å². The van der Waals surface area contributed by atoms with Crippen LogP contribution < -0.4 is 0 Å². The summed E-state index contributed by atoms with van der Waals surface area (Å²) in [5.41, 5.74) is 0.263. The molecule has 0 saturated carbocycles. The van der Waals surface area contributed by atoms with E-state index in [0.717, 1.165) is 12.1 Å². The highest BCUT2D eigenvalue weighted by molar-refractivity contribution is 6.33. The first-order chi connectivity index (χ1) is 7.97. The van der Waals surface area contributed by atoms with Gasteiger partial charge in [0.1, 0.15) is 5.82 Å². The van der Waals surface area contributed by atoms with Gasteiger partial charge in [0.05, 0.1) is 0 Å². The van der Waals surface area contributed by atoms with Crippen molar-refractivity contribution in [2.75, 3.05) is 0 Å². The highest BCUT2D eigenvalue weighted by Gasteiger charge is 2.13. The zero-order chi connectivity index (χ0) is 12.6. The molecule has 0 amide bonds. The fourth-order valence-corrected chi connectivity index (χ4v) is 1.82. The van der Waals surface area contributed by atoms with Crippen molar-refractivity contribution in [3.8, 4) is 11.4 Å². The van der Waals surface area contributed by atoms with Crippen LogP contribution in [0.2, 0.25) is 15.3 Å². The van der Waals surface area contributed by atoms with E-state index in [4.69, 9.17) is 34.8 Å². The summed E-state index contributed by atoms with van der Waals surface area (Å²) >= 11 is 16.7. The lowest BCUT2D eigenvalue weighted by Crippen LogP contribution is -1.95. The summed E-state index contributed by atoms with van der Waals surface area (Å²) in [6.07, 6.45) is 0. The molecule has 0 aliphatic carbocycles. The van der Waals surface area contributed by atoms with E-state index in [2.05, 4.69) is 9.97 Å².